The predicted octanol–water partition coefficient (Wildman–Crippen LogP) is 3.16. The first-order valence-corrected chi connectivity index (χ1v) is 10.2. The zero-order chi connectivity index (χ0) is 16.0. The Bertz CT molecular complexity index is 873. The Labute approximate surface area is 144 Å². The van der Waals surface area contributed by atoms with Crippen molar-refractivity contribution in [2.45, 2.75) is 36.7 Å². The Hall–Kier alpha value is -0.950. The van der Waals surface area contributed by atoms with E-state index in [4.69, 9.17) is 4.74 Å². The molecule has 2 aromatic rings. The minimum absolute atomic E-state index is 0.00203. The topological polar surface area (TPSA) is 55.4 Å². The summed E-state index contributed by atoms with van der Waals surface area (Å²) in [6, 6.07) is 7.89. The molecule has 0 unspecified atom stereocenters. The van der Waals surface area contributed by atoms with Crippen molar-refractivity contribution in [2.75, 3.05) is 13.2 Å². The average Bonchev–Trinajstić information content (AvgIpc) is 3.19. The second kappa shape index (κ2) is 5.84. The van der Waals surface area contributed by atoms with Crippen molar-refractivity contribution in [3.05, 3.63) is 39.9 Å². The molecule has 1 aliphatic heterocycles. The molecule has 23 heavy (non-hydrogen) atoms. The Morgan fingerprint density at radius 2 is 2.17 bits per heavy atom. The Morgan fingerprint density at radius 3 is 2.96 bits per heavy atom. The first kappa shape index (κ1) is 15.6. The quantitative estimate of drug-likeness (QED) is 0.864. The van der Waals surface area contributed by atoms with E-state index in [9.17, 15) is 8.42 Å². The van der Waals surface area contributed by atoms with Crippen LogP contribution >= 0.6 is 15.9 Å². The van der Waals surface area contributed by atoms with Gasteiger partial charge in [-0.3, -0.25) is 0 Å². The number of halogens is 1. The lowest BCUT2D eigenvalue weighted by molar-refractivity contribution is 0.114. The number of nitrogens with one attached hydrogen (secondary N) is 1. The summed E-state index contributed by atoms with van der Waals surface area (Å²) in [4.78, 5) is 0.403. The molecule has 1 N–H and O–H groups in total. The Balaban J connectivity index is 1.74. The van der Waals surface area contributed by atoms with Gasteiger partial charge in [-0.25, -0.2) is 13.1 Å². The lowest BCUT2D eigenvalue weighted by atomic mass is 10.1. The van der Waals surface area contributed by atoms with E-state index in [-0.39, 0.29) is 6.10 Å². The largest absolute Gasteiger partial charge is 0.377 e. The molecule has 2 aromatic carbocycles. The molecule has 0 saturated carbocycles. The molecule has 1 heterocycles. The van der Waals surface area contributed by atoms with Gasteiger partial charge in [0.2, 0.25) is 10.0 Å². The summed E-state index contributed by atoms with van der Waals surface area (Å²) in [6.07, 6.45) is 3.60. The van der Waals surface area contributed by atoms with Gasteiger partial charge in [-0.05, 0) is 53.6 Å². The van der Waals surface area contributed by atoms with Crippen LogP contribution in [0.2, 0.25) is 0 Å². The van der Waals surface area contributed by atoms with Crippen LogP contribution in [0.4, 0.5) is 0 Å². The van der Waals surface area contributed by atoms with E-state index in [1.165, 1.54) is 5.56 Å². The summed E-state index contributed by atoms with van der Waals surface area (Å²) in [6.45, 7) is 1.07. The molecule has 0 amide bonds. The fourth-order valence-electron chi connectivity index (χ4n) is 3.60. The molecule has 1 saturated heterocycles. The van der Waals surface area contributed by atoms with E-state index in [0.29, 0.717) is 11.4 Å². The molecule has 1 fully saturated rings. The van der Waals surface area contributed by atoms with Gasteiger partial charge in [0.05, 0.1) is 11.0 Å². The molecular weight excluding hydrogens is 378 g/mol. The average molecular weight is 396 g/mol. The van der Waals surface area contributed by atoms with Crippen molar-refractivity contribution in [1.29, 1.82) is 0 Å². The van der Waals surface area contributed by atoms with Gasteiger partial charge < -0.3 is 4.74 Å². The fourth-order valence-corrected chi connectivity index (χ4v) is 5.67. The smallest absolute Gasteiger partial charge is 0.240 e. The highest BCUT2D eigenvalue weighted by Gasteiger charge is 2.27. The van der Waals surface area contributed by atoms with E-state index < -0.39 is 10.0 Å². The lowest BCUT2D eigenvalue weighted by Gasteiger charge is -2.15. The second-order valence-electron chi connectivity index (χ2n) is 6.16. The number of aryl methyl sites for hydroxylation is 2. The van der Waals surface area contributed by atoms with E-state index in [1.807, 2.05) is 12.1 Å². The number of sulfonamides is 1. The van der Waals surface area contributed by atoms with Crippen molar-refractivity contribution in [1.82, 2.24) is 4.72 Å². The van der Waals surface area contributed by atoms with Gasteiger partial charge in [-0.1, -0.05) is 34.1 Å². The SMILES string of the molecule is O=S(=O)(NC[C@H]1CCCO1)c1cc(Br)c2cccc3c2c1CC3. The molecule has 122 valence electrons. The first-order valence-electron chi connectivity index (χ1n) is 7.90. The highest BCUT2D eigenvalue weighted by atomic mass is 79.9. The van der Waals surface area contributed by atoms with E-state index >= 15 is 0 Å². The van der Waals surface area contributed by atoms with Crippen LogP contribution in [-0.2, 0) is 27.6 Å². The van der Waals surface area contributed by atoms with Crippen molar-refractivity contribution < 1.29 is 13.2 Å². The Kier molecular flexibility index (Phi) is 3.96. The molecule has 0 bridgehead atoms. The van der Waals surface area contributed by atoms with E-state index in [0.717, 1.165) is 53.1 Å². The lowest BCUT2D eigenvalue weighted by Crippen LogP contribution is -2.32. The molecule has 1 atom stereocenters. The summed E-state index contributed by atoms with van der Waals surface area (Å²) in [5, 5.41) is 2.19. The zero-order valence-corrected chi connectivity index (χ0v) is 15.0. The summed E-state index contributed by atoms with van der Waals surface area (Å²) in [5.41, 5.74) is 2.17. The number of hydrogen-bond acceptors (Lipinski definition) is 3. The standard InChI is InChI=1S/C17H18BrNO3S/c18-15-9-16(23(20,21)19-10-12-4-2-8-22-12)14-7-6-11-3-1-5-13(15)17(11)14/h1,3,5,9,12,19H,2,4,6-8,10H2/t12-/m1/s1. The number of ether oxygens (including phenoxy) is 1. The summed E-state index contributed by atoms with van der Waals surface area (Å²) in [5.74, 6) is 0. The van der Waals surface area contributed by atoms with Gasteiger partial charge in [-0.2, -0.15) is 0 Å². The first-order chi connectivity index (χ1) is 11.1. The minimum atomic E-state index is -3.53. The summed E-state index contributed by atoms with van der Waals surface area (Å²) >= 11 is 3.54. The zero-order valence-electron chi connectivity index (χ0n) is 12.6. The van der Waals surface area contributed by atoms with E-state index in [1.54, 1.807) is 6.07 Å². The van der Waals surface area contributed by atoms with Crippen molar-refractivity contribution >= 4 is 36.7 Å². The molecule has 0 radical (unpaired) electrons. The maximum atomic E-state index is 12.8. The third kappa shape index (κ3) is 2.71. The van der Waals surface area contributed by atoms with Crippen LogP contribution in [0.3, 0.4) is 0 Å². The molecular formula is C17H18BrNO3S. The van der Waals surface area contributed by atoms with Gasteiger partial charge in [0, 0.05) is 17.6 Å². The maximum Gasteiger partial charge on any atom is 0.240 e. The highest BCUT2D eigenvalue weighted by molar-refractivity contribution is 9.10. The van der Waals surface area contributed by atoms with E-state index in [2.05, 4.69) is 26.7 Å². The van der Waals surface area contributed by atoms with Crippen LogP contribution in [0.25, 0.3) is 10.8 Å². The number of benzene rings is 2. The van der Waals surface area contributed by atoms with Crippen LogP contribution in [-0.4, -0.2) is 27.7 Å². The molecule has 0 spiro atoms. The second-order valence-corrected chi connectivity index (χ2v) is 8.75. The third-order valence-corrected chi connectivity index (χ3v) is 6.87. The molecule has 1 aliphatic carbocycles. The molecule has 0 aromatic heterocycles. The fraction of sp³-hybridized carbons (Fsp3) is 0.412. The van der Waals surface area contributed by atoms with Gasteiger partial charge in [0.1, 0.15) is 0 Å². The maximum absolute atomic E-state index is 12.8. The van der Waals surface area contributed by atoms with Gasteiger partial charge >= 0.3 is 0 Å². The highest BCUT2D eigenvalue weighted by Crippen LogP contribution is 2.39. The molecule has 2 aliphatic rings. The Morgan fingerprint density at radius 1 is 1.30 bits per heavy atom. The number of hydrogen-bond donors (Lipinski definition) is 1. The van der Waals surface area contributed by atoms with Crippen molar-refractivity contribution in [3.8, 4) is 0 Å². The van der Waals surface area contributed by atoms with Crippen molar-refractivity contribution in [2.24, 2.45) is 0 Å². The van der Waals surface area contributed by atoms with Crippen LogP contribution in [0.5, 0.6) is 0 Å². The van der Waals surface area contributed by atoms with Crippen LogP contribution in [0.15, 0.2) is 33.6 Å². The van der Waals surface area contributed by atoms with Crippen LogP contribution in [0, 0.1) is 0 Å². The van der Waals surface area contributed by atoms with Gasteiger partial charge in [0.25, 0.3) is 0 Å². The van der Waals surface area contributed by atoms with Gasteiger partial charge in [-0.15, -0.1) is 0 Å². The molecule has 4 nitrogen and oxygen atoms in total. The van der Waals surface area contributed by atoms with Crippen LogP contribution < -0.4 is 4.72 Å². The molecule has 4 rings (SSSR count). The summed E-state index contributed by atoms with van der Waals surface area (Å²) in [7, 11) is -3.53. The van der Waals surface area contributed by atoms with Gasteiger partial charge in [0.15, 0.2) is 0 Å². The molecule has 6 heteroatoms. The third-order valence-electron chi connectivity index (χ3n) is 4.72. The van der Waals surface area contributed by atoms with Crippen molar-refractivity contribution in [3.63, 3.8) is 0 Å². The minimum Gasteiger partial charge on any atom is -0.377 e. The monoisotopic (exact) mass is 395 g/mol. The predicted molar refractivity (Wildman–Crippen MR) is 93.2 cm³/mol. The van der Waals surface area contributed by atoms with Crippen LogP contribution in [0.1, 0.15) is 24.0 Å². The summed E-state index contributed by atoms with van der Waals surface area (Å²) < 4.78 is 34.7. The normalized spacial score (nSPS) is 20.5. The number of rotatable bonds is 4.